The van der Waals surface area contributed by atoms with E-state index in [1.54, 1.807) is 0 Å². The highest BCUT2D eigenvalue weighted by Gasteiger charge is 2.27. The van der Waals surface area contributed by atoms with Gasteiger partial charge in [-0.25, -0.2) is 4.79 Å². The molecule has 2 rings (SSSR count). The Morgan fingerprint density at radius 1 is 1.33 bits per heavy atom. The number of aryl methyl sites for hydroxylation is 1. The minimum atomic E-state index is -0.499. The zero-order chi connectivity index (χ0) is 15.5. The molecule has 1 heterocycles. The Balaban J connectivity index is 1.79. The van der Waals surface area contributed by atoms with Crippen LogP contribution in [0.15, 0.2) is 29.3 Å². The van der Waals surface area contributed by atoms with Crippen LogP contribution >= 0.6 is 0 Å². The first-order valence-corrected chi connectivity index (χ1v) is 7.06. The van der Waals surface area contributed by atoms with Gasteiger partial charge in [-0.3, -0.25) is 9.89 Å². The van der Waals surface area contributed by atoms with E-state index < -0.39 is 5.60 Å². The van der Waals surface area contributed by atoms with Crippen LogP contribution in [-0.2, 0) is 4.74 Å². The molecule has 5 nitrogen and oxygen atoms in total. The van der Waals surface area contributed by atoms with Crippen molar-refractivity contribution in [1.29, 1.82) is 0 Å². The second-order valence-corrected chi connectivity index (χ2v) is 6.18. The fraction of sp³-hybridized carbons (Fsp3) is 0.500. The standard InChI is InChI=1S/C16H22N2O3/c1-12-5-7-14(8-6-12)20-10-13-9-18(11-17-13)15(19)21-16(2,3)4/h5-8,11,13H,9-10H2,1-4H3. The first kappa shape index (κ1) is 15.4. The number of amides is 1. The van der Waals surface area contributed by atoms with Gasteiger partial charge in [0.05, 0.1) is 12.9 Å². The van der Waals surface area contributed by atoms with Crippen molar-refractivity contribution in [3.8, 4) is 5.75 Å². The quantitative estimate of drug-likeness (QED) is 0.859. The fourth-order valence-electron chi connectivity index (χ4n) is 1.86. The molecule has 0 saturated heterocycles. The lowest BCUT2D eigenvalue weighted by molar-refractivity contribution is 0.0379. The summed E-state index contributed by atoms with van der Waals surface area (Å²) in [5.41, 5.74) is 0.693. The Kier molecular flexibility index (Phi) is 4.50. The molecular weight excluding hydrogens is 268 g/mol. The molecule has 1 aromatic rings. The van der Waals surface area contributed by atoms with Crippen LogP contribution in [0, 0.1) is 6.92 Å². The second kappa shape index (κ2) is 6.16. The molecule has 0 saturated carbocycles. The molecule has 0 aliphatic carbocycles. The molecule has 0 aromatic heterocycles. The Labute approximate surface area is 125 Å². The van der Waals surface area contributed by atoms with Gasteiger partial charge in [-0.1, -0.05) is 17.7 Å². The monoisotopic (exact) mass is 290 g/mol. The summed E-state index contributed by atoms with van der Waals surface area (Å²) >= 11 is 0. The van der Waals surface area contributed by atoms with Crippen molar-refractivity contribution in [1.82, 2.24) is 4.90 Å². The molecular formula is C16H22N2O3. The van der Waals surface area contributed by atoms with Gasteiger partial charge in [-0.05, 0) is 39.8 Å². The van der Waals surface area contributed by atoms with E-state index >= 15 is 0 Å². The Hall–Kier alpha value is -2.04. The Morgan fingerprint density at radius 2 is 2.00 bits per heavy atom. The number of carbonyl (C=O) groups is 1. The number of benzene rings is 1. The average Bonchev–Trinajstić information content (AvgIpc) is 2.85. The third-order valence-electron chi connectivity index (χ3n) is 2.92. The highest BCUT2D eigenvalue weighted by atomic mass is 16.6. The predicted molar refractivity (Wildman–Crippen MR) is 81.9 cm³/mol. The summed E-state index contributed by atoms with van der Waals surface area (Å²) in [7, 11) is 0. The van der Waals surface area contributed by atoms with Crippen molar-refractivity contribution >= 4 is 12.4 Å². The van der Waals surface area contributed by atoms with Crippen LogP contribution in [0.2, 0.25) is 0 Å². The van der Waals surface area contributed by atoms with Crippen LogP contribution in [0.3, 0.4) is 0 Å². The van der Waals surface area contributed by atoms with Gasteiger partial charge in [-0.15, -0.1) is 0 Å². The molecule has 0 bridgehead atoms. The van der Waals surface area contributed by atoms with Gasteiger partial charge < -0.3 is 9.47 Å². The summed E-state index contributed by atoms with van der Waals surface area (Å²) < 4.78 is 11.0. The zero-order valence-electron chi connectivity index (χ0n) is 13.0. The van der Waals surface area contributed by atoms with E-state index in [-0.39, 0.29) is 12.1 Å². The number of hydrogen-bond acceptors (Lipinski definition) is 4. The molecule has 0 fully saturated rings. The lowest BCUT2D eigenvalue weighted by Crippen LogP contribution is -2.37. The van der Waals surface area contributed by atoms with Crippen LogP contribution in [0.5, 0.6) is 5.75 Å². The molecule has 1 aliphatic rings. The maximum absolute atomic E-state index is 11.9. The van der Waals surface area contributed by atoms with Crippen molar-refractivity contribution in [3.63, 3.8) is 0 Å². The third-order valence-corrected chi connectivity index (χ3v) is 2.92. The van der Waals surface area contributed by atoms with Crippen molar-refractivity contribution < 1.29 is 14.3 Å². The van der Waals surface area contributed by atoms with Crippen molar-refractivity contribution in [2.24, 2.45) is 4.99 Å². The number of nitrogens with zero attached hydrogens (tertiary/aromatic N) is 2. The van der Waals surface area contributed by atoms with E-state index in [0.717, 1.165) is 5.75 Å². The number of hydrogen-bond donors (Lipinski definition) is 0. The van der Waals surface area contributed by atoms with Gasteiger partial charge >= 0.3 is 6.09 Å². The third kappa shape index (κ3) is 4.77. The summed E-state index contributed by atoms with van der Waals surface area (Å²) in [6.07, 6.45) is 1.15. The number of ether oxygens (including phenoxy) is 2. The summed E-state index contributed by atoms with van der Waals surface area (Å²) in [6, 6.07) is 7.80. The summed E-state index contributed by atoms with van der Waals surface area (Å²) in [5, 5.41) is 0. The Bertz CT molecular complexity index is 517. The maximum Gasteiger partial charge on any atom is 0.415 e. The molecule has 0 spiro atoms. The molecule has 0 radical (unpaired) electrons. The topological polar surface area (TPSA) is 51.1 Å². The van der Waals surface area contributed by atoms with Gasteiger partial charge in [0.15, 0.2) is 0 Å². The summed E-state index contributed by atoms with van der Waals surface area (Å²) in [5.74, 6) is 0.812. The molecule has 0 N–H and O–H groups in total. The van der Waals surface area contributed by atoms with Crippen LogP contribution in [0.1, 0.15) is 26.3 Å². The predicted octanol–water partition coefficient (Wildman–Crippen LogP) is 3.02. The molecule has 21 heavy (non-hydrogen) atoms. The second-order valence-electron chi connectivity index (χ2n) is 6.18. The van der Waals surface area contributed by atoms with Crippen LogP contribution < -0.4 is 4.74 Å². The van der Waals surface area contributed by atoms with Crippen LogP contribution in [-0.4, -0.2) is 42.1 Å². The normalized spacial score (nSPS) is 17.9. The number of aliphatic imine (C=N–C) groups is 1. The van der Waals surface area contributed by atoms with E-state index in [1.165, 1.54) is 16.8 Å². The van der Waals surface area contributed by atoms with Gasteiger partial charge in [0.2, 0.25) is 0 Å². The van der Waals surface area contributed by atoms with E-state index in [2.05, 4.69) is 4.99 Å². The highest BCUT2D eigenvalue weighted by molar-refractivity contribution is 5.84. The highest BCUT2D eigenvalue weighted by Crippen LogP contribution is 2.15. The largest absolute Gasteiger partial charge is 0.491 e. The van der Waals surface area contributed by atoms with Gasteiger partial charge in [0.25, 0.3) is 0 Å². The minimum absolute atomic E-state index is 0.0566. The molecule has 1 aliphatic heterocycles. The zero-order valence-corrected chi connectivity index (χ0v) is 13.0. The smallest absolute Gasteiger partial charge is 0.415 e. The van der Waals surface area contributed by atoms with Crippen molar-refractivity contribution in [2.45, 2.75) is 39.3 Å². The molecule has 114 valence electrons. The van der Waals surface area contributed by atoms with Gasteiger partial charge in [0, 0.05) is 0 Å². The van der Waals surface area contributed by atoms with E-state index in [0.29, 0.717) is 13.2 Å². The molecule has 1 aromatic carbocycles. The molecule has 1 unspecified atom stereocenters. The van der Waals surface area contributed by atoms with E-state index in [4.69, 9.17) is 9.47 Å². The first-order chi connectivity index (χ1) is 9.83. The number of rotatable bonds is 3. The van der Waals surface area contributed by atoms with Gasteiger partial charge in [-0.2, -0.15) is 0 Å². The molecule has 1 amide bonds. The fourth-order valence-corrected chi connectivity index (χ4v) is 1.86. The van der Waals surface area contributed by atoms with Crippen molar-refractivity contribution in [3.05, 3.63) is 29.8 Å². The van der Waals surface area contributed by atoms with E-state index in [9.17, 15) is 4.79 Å². The Morgan fingerprint density at radius 3 is 2.62 bits per heavy atom. The van der Waals surface area contributed by atoms with Crippen LogP contribution in [0.25, 0.3) is 0 Å². The minimum Gasteiger partial charge on any atom is -0.491 e. The summed E-state index contributed by atoms with van der Waals surface area (Å²) in [4.78, 5) is 17.6. The lowest BCUT2D eigenvalue weighted by atomic mass is 10.2. The number of carbonyl (C=O) groups excluding carboxylic acids is 1. The summed E-state index contributed by atoms with van der Waals surface area (Å²) in [6.45, 7) is 8.49. The molecule has 1 atom stereocenters. The van der Waals surface area contributed by atoms with Gasteiger partial charge in [0.1, 0.15) is 24.0 Å². The lowest BCUT2D eigenvalue weighted by Gasteiger charge is -2.23. The maximum atomic E-state index is 11.9. The first-order valence-electron chi connectivity index (χ1n) is 7.06. The van der Waals surface area contributed by atoms with Crippen molar-refractivity contribution in [2.75, 3.05) is 13.2 Å². The van der Waals surface area contributed by atoms with Crippen LogP contribution in [0.4, 0.5) is 4.79 Å². The SMILES string of the molecule is Cc1ccc(OCC2CN(C(=O)OC(C)(C)C)C=N2)cc1. The average molecular weight is 290 g/mol. The molecule has 5 heteroatoms. The van der Waals surface area contributed by atoms with E-state index in [1.807, 2.05) is 52.0 Å².